The molecule has 0 aliphatic heterocycles. The highest BCUT2D eigenvalue weighted by molar-refractivity contribution is 7.99. The van der Waals surface area contributed by atoms with E-state index < -0.39 is 6.04 Å². The molecular weight excluding hydrogens is 606 g/mol. The average molecular weight is 638 g/mol. The van der Waals surface area contributed by atoms with Gasteiger partial charge in [-0.3, -0.25) is 9.59 Å². The molecule has 0 aromatic heterocycles. The Hall–Kier alpha value is -1.89. The van der Waals surface area contributed by atoms with E-state index in [0.717, 1.165) is 36.8 Å². The fraction of sp³-hybridized carbons (Fsp3) is 0.355. The number of benzene rings is 3. The summed E-state index contributed by atoms with van der Waals surface area (Å²) < 4.78 is 0. The third-order valence-electron chi connectivity index (χ3n) is 7.15. The molecule has 1 aliphatic rings. The van der Waals surface area contributed by atoms with Gasteiger partial charge in [0.2, 0.25) is 11.8 Å². The summed E-state index contributed by atoms with van der Waals surface area (Å²) >= 11 is 27.2. The molecule has 1 aliphatic carbocycles. The maximum atomic E-state index is 13.9. The Morgan fingerprint density at radius 3 is 1.98 bits per heavy atom. The first-order valence-electron chi connectivity index (χ1n) is 13.4. The van der Waals surface area contributed by atoms with Gasteiger partial charge in [0.1, 0.15) is 6.04 Å². The van der Waals surface area contributed by atoms with Crippen molar-refractivity contribution in [1.29, 1.82) is 0 Å². The zero-order valence-electron chi connectivity index (χ0n) is 22.1. The Balaban J connectivity index is 1.62. The van der Waals surface area contributed by atoms with Crippen LogP contribution in [0.5, 0.6) is 0 Å². The lowest BCUT2D eigenvalue weighted by Crippen LogP contribution is -2.53. The van der Waals surface area contributed by atoms with E-state index in [-0.39, 0.29) is 30.2 Å². The number of carbonyl (C=O) groups is 2. The fourth-order valence-corrected chi connectivity index (χ4v) is 7.11. The van der Waals surface area contributed by atoms with Gasteiger partial charge in [0.05, 0.1) is 5.75 Å². The van der Waals surface area contributed by atoms with E-state index in [9.17, 15) is 9.59 Å². The quantitative estimate of drug-likeness (QED) is 0.229. The van der Waals surface area contributed by atoms with Crippen molar-refractivity contribution in [2.75, 3.05) is 5.75 Å². The molecule has 1 saturated carbocycles. The van der Waals surface area contributed by atoms with Gasteiger partial charge in [-0.25, -0.2) is 0 Å². The zero-order valence-corrected chi connectivity index (χ0v) is 25.9. The van der Waals surface area contributed by atoms with E-state index in [1.807, 2.05) is 30.3 Å². The molecule has 0 spiro atoms. The van der Waals surface area contributed by atoms with Gasteiger partial charge in [-0.2, -0.15) is 0 Å². The minimum atomic E-state index is -0.742. The monoisotopic (exact) mass is 636 g/mol. The summed E-state index contributed by atoms with van der Waals surface area (Å²) in [7, 11) is 0. The van der Waals surface area contributed by atoms with Crippen LogP contribution in [0.15, 0.2) is 66.7 Å². The second kappa shape index (κ2) is 15.4. The van der Waals surface area contributed by atoms with Gasteiger partial charge >= 0.3 is 0 Å². The summed E-state index contributed by atoms with van der Waals surface area (Å²) in [5.74, 6) is 0.240. The van der Waals surface area contributed by atoms with Crippen molar-refractivity contribution in [2.45, 2.75) is 62.9 Å². The highest BCUT2D eigenvalue weighted by Gasteiger charge is 2.32. The van der Waals surface area contributed by atoms with Crippen molar-refractivity contribution in [1.82, 2.24) is 10.2 Å². The van der Waals surface area contributed by atoms with E-state index in [0.29, 0.717) is 37.8 Å². The Morgan fingerprint density at radius 2 is 1.38 bits per heavy atom. The predicted octanol–water partition coefficient (Wildman–Crippen LogP) is 8.62. The Labute approximate surface area is 260 Å². The number of nitrogens with zero attached hydrogens (tertiary/aromatic N) is 1. The van der Waals surface area contributed by atoms with Gasteiger partial charge in [-0.1, -0.05) is 108 Å². The van der Waals surface area contributed by atoms with Crippen molar-refractivity contribution in [2.24, 2.45) is 0 Å². The third-order valence-corrected chi connectivity index (χ3v) is 9.51. The smallest absolute Gasteiger partial charge is 0.243 e. The third kappa shape index (κ3) is 8.56. The second-order valence-electron chi connectivity index (χ2n) is 9.96. The van der Waals surface area contributed by atoms with Gasteiger partial charge in [-0.15, -0.1) is 11.8 Å². The molecule has 0 radical (unpaired) electrons. The maximum absolute atomic E-state index is 13.9. The van der Waals surface area contributed by atoms with Crippen LogP contribution in [0, 0.1) is 0 Å². The Morgan fingerprint density at radius 1 is 0.800 bits per heavy atom. The van der Waals surface area contributed by atoms with Crippen molar-refractivity contribution < 1.29 is 9.59 Å². The first kappa shape index (κ1) is 31.1. The van der Waals surface area contributed by atoms with E-state index in [1.54, 1.807) is 41.3 Å². The molecular formula is C31H32Cl4N2O2S. The number of hydrogen-bond donors (Lipinski definition) is 1. The van der Waals surface area contributed by atoms with Gasteiger partial charge in [0.15, 0.2) is 0 Å². The first-order valence-corrected chi connectivity index (χ1v) is 16.1. The predicted molar refractivity (Wildman–Crippen MR) is 169 cm³/mol. The van der Waals surface area contributed by atoms with E-state index in [2.05, 4.69) is 5.32 Å². The molecule has 0 unspecified atom stereocenters. The number of nitrogens with one attached hydrogen (secondary N) is 1. The lowest BCUT2D eigenvalue weighted by molar-refractivity contribution is -0.139. The second-order valence-corrected chi connectivity index (χ2v) is 12.6. The van der Waals surface area contributed by atoms with Gasteiger partial charge in [0, 0.05) is 50.4 Å². The summed E-state index contributed by atoms with van der Waals surface area (Å²) in [6.45, 7) is 0.111. The van der Waals surface area contributed by atoms with Crippen LogP contribution in [0.2, 0.25) is 20.1 Å². The van der Waals surface area contributed by atoms with Crippen molar-refractivity contribution in [3.05, 3.63) is 104 Å². The molecule has 212 valence electrons. The van der Waals surface area contributed by atoms with Crippen LogP contribution in [0.4, 0.5) is 0 Å². The fourth-order valence-electron chi connectivity index (χ4n) is 4.95. The zero-order chi connectivity index (χ0) is 28.5. The molecule has 40 heavy (non-hydrogen) atoms. The van der Waals surface area contributed by atoms with Crippen molar-refractivity contribution in [3.63, 3.8) is 0 Å². The molecule has 4 nitrogen and oxygen atoms in total. The van der Waals surface area contributed by atoms with Crippen molar-refractivity contribution >= 4 is 70.0 Å². The number of rotatable bonds is 11. The molecule has 9 heteroatoms. The molecule has 3 aromatic rings. The highest BCUT2D eigenvalue weighted by atomic mass is 35.5. The molecule has 1 fully saturated rings. The summed E-state index contributed by atoms with van der Waals surface area (Å²) in [4.78, 5) is 29.4. The summed E-state index contributed by atoms with van der Waals surface area (Å²) in [6, 6.07) is 19.7. The summed E-state index contributed by atoms with van der Waals surface area (Å²) in [5.41, 5.74) is 2.35. The lowest BCUT2D eigenvalue weighted by atomic mass is 9.94. The summed E-state index contributed by atoms with van der Waals surface area (Å²) in [5, 5.41) is 5.26. The van der Waals surface area contributed by atoms with Crippen LogP contribution >= 0.6 is 58.2 Å². The van der Waals surface area contributed by atoms with Gasteiger partial charge < -0.3 is 10.2 Å². The number of thioether (sulfide) groups is 1. The van der Waals surface area contributed by atoms with Crippen LogP contribution in [0.3, 0.4) is 0 Å². The van der Waals surface area contributed by atoms with Crippen LogP contribution in [0.25, 0.3) is 0 Å². The number of halogens is 4. The van der Waals surface area contributed by atoms with E-state index in [1.165, 1.54) is 18.2 Å². The van der Waals surface area contributed by atoms with Crippen molar-refractivity contribution in [3.8, 4) is 0 Å². The normalized spacial score (nSPS) is 14.5. The van der Waals surface area contributed by atoms with Gasteiger partial charge in [-0.05, 0) is 48.2 Å². The molecule has 0 saturated heterocycles. The van der Waals surface area contributed by atoms with Gasteiger partial charge in [0.25, 0.3) is 0 Å². The highest BCUT2D eigenvalue weighted by Crippen LogP contribution is 2.30. The molecule has 3 aromatic carbocycles. The number of carbonyl (C=O) groups excluding carboxylic acids is 2. The minimum Gasteiger partial charge on any atom is -0.352 e. The molecule has 0 bridgehead atoms. The van der Waals surface area contributed by atoms with Crippen LogP contribution in [-0.4, -0.2) is 34.6 Å². The average Bonchev–Trinajstić information content (AvgIpc) is 2.94. The molecule has 1 atom stereocenters. The molecule has 4 rings (SSSR count). The number of amides is 2. The topological polar surface area (TPSA) is 49.4 Å². The number of hydrogen-bond acceptors (Lipinski definition) is 3. The molecule has 0 heterocycles. The van der Waals surface area contributed by atoms with Crippen LogP contribution in [-0.2, 0) is 28.3 Å². The molecule has 2 amide bonds. The largest absolute Gasteiger partial charge is 0.352 e. The maximum Gasteiger partial charge on any atom is 0.243 e. The lowest BCUT2D eigenvalue weighted by Gasteiger charge is -2.34. The van der Waals surface area contributed by atoms with E-state index in [4.69, 9.17) is 46.4 Å². The van der Waals surface area contributed by atoms with Crippen LogP contribution in [0.1, 0.15) is 48.8 Å². The SMILES string of the molecule is O=C(NC1CCCCC1)[C@H](Cc1ccccc1)N(Cc1c(Cl)cccc1Cl)C(=O)CSCc1c(Cl)cccc1Cl. The van der Waals surface area contributed by atoms with Crippen LogP contribution < -0.4 is 5.32 Å². The standard InChI is InChI=1S/C31H32Cl4N2O2S/c32-25-13-7-14-26(33)23(25)18-37(30(38)20-40-19-24-27(34)15-8-16-28(24)35)29(17-21-9-3-1-4-10-21)31(39)36-22-11-5-2-6-12-22/h1,3-4,7-10,13-16,22,29H,2,5-6,11-12,17-20H2,(H,36,39)/t29-/m0/s1. The Bertz CT molecular complexity index is 1260. The summed E-state index contributed by atoms with van der Waals surface area (Å²) in [6.07, 6.45) is 5.63. The first-order chi connectivity index (χ1) is 19.3. The molecule has 1 N–H and O–H groups in total. The minimum absolute atomic E-state index is 0.108. The van der Waals surface area contributed by atoms with E-state index >= 15 is 0 Å². The Kier molecular flexibility index (Phi) is 11.9.